The minimum atomic E-state index is -0.794. The van der Waals surface area contributed by atoms with Gasteiger partial charge in [0, 0.05) is 19.0 Å². The highest BCUT2D eigenvalue weighted by atomic mass is 19.1. The number of carboxylic acid groups (broad SMARTS) is 1. The minimum Gasteiger partial charge on any atom is -0.481 e. The second kappa shape index (κ2) is 5.06. The number of halogens is 1. The van der Waals surface area contributed by atoms with Crippen molar-refractivity contribution < 1.29 is 14.3 Å². The average Bonchev–Trinajstić information content (AvgIpc) is 2.71. The molecule has 3 nitrogen and oxygen atoms in total. The van der Waals surface area contributed by atoms with Crippen LogP contribution in [0.15, 0.2) is 18.2 Å². The van der Waals surface area contributed by atoms with E-state index in [1.165, 1.54) is 12.1 Å². The molecule has 1 aromatic carbocycles. The number of likely N-dealkylation sites (tertiary alicyclic amines) is 1. The highest BCUT2D eigenvalue weighted by molar-refractivity contribution is 5.72. The molecule has 1 saturated heterocycles. The molecule has 1 fully saturated rings. The molecule has 0 saturated carbocycles. The fourth-order valence-corrected chi connectivity index (χ4v) is 2.71. The van der Waals surface area contributed by atoms with E-state index in [4.69, 9.17) is 0 Å². The molecule has 1 N–H and O–H groups in total. The second-order valence-electron chi connectivity index (χ2n) is 4.97. The van der Waals surface area contributed by atoms with Gasteiger partial charge in [0.2, 0.25) is 0 Å². The smallest absolute Gasteiger partial charge is 0.308 e. The molecule has 1 aliphatic rings. The molecule has 0 bridgehead atoms. The number of nitrogens with zero attached hydrogens (tertiary/aromatic N) is 1. The van der Waals surface area contributed by atoms with Gasteiger partial charge in [0.15, 0.2) is 0 Å². The minimum absolute atomic E-state index is 0.114. The van der Waals surface area contributed by atoms with Crippen LogP contribution in [0.2, 0.25) is 0 Å². The number of carbonyl (C=O) groups is 1. The van der Waals surface area contributed by atoms with Gasteiger partial charge in [-0.2, -0.15) is 0 Å². The molecule has 1 aliphatic heterocycles. The molecular formula is C14H18FNO2. The molecule has 2 atom stereocenters. The van der Waals surface area contributed by atoms with E-state index in [0.717, 1.165) is 17.7 Å². The van der Waals surface area contributed by atoms with E-state index in [0.29, 0.717) is 13.1 Å². The van der Waals surface area contributed by atoms with Crippen molar-refractivity contribution in [1.82, 2.24) is 4.90 Å². The monoisotopic (exact) mass is 251 g/mol. The summed E-state index contributed by atoms with van der Waals surface area (Å²) in [6, 6.07) is 4.82. The van der Waals surface area contributed by atoms with Crippen LogP contribution in [0.3, 0.4) is 0 Å². The second-order valence-corrected chi connectivity index (χ2v) is 4.97. The van der Waals surface area contributed by atoms with E-state index in [1.54, 1.807) is 0 Å². The largest absolute Gasteiger partial charge is 0.481 e. The summed E-state index contributed by atoms with van der Waals surface area (Å²) in [6.45, 7) is 5.91. The number of rotatable bonds is 3. The Kier molecular flexibility index (Phi) is 3.66. The van der Waals surface area contributed by atoms with Gasteiger partial charge >= 0.3 is 5.97 Å². The molecule has 0 aliphatic carbocycles. The molecule has 98 valence electrons. The lowest BCUT2D eigenvalue weighted by Crippen LogP contribution is -2.23. The molecule has 0 amide bonds. The molecule has 0 spiro atoms. The van der Waals surface area contributed by atoms with Crippen molar-refractivity contribution in [2.75, 3.05) is 19.6 Å². The predicted molar refractivity (Wildman–Crippen MR) is 67.1 cm³/mol. The number of aliphatic carboxylic acids is 1. The van der Waals surface area contributed by atoms with Gasteiger partial charge in [0.05, 0.1) is 5.92 Å². The van der Waals surface area contributed by atoms with Crippen LogP contribution in [0.4, 0.5) is 4.39 Å². The maximum absolute atomic E-state index is 13.4. The van der Waals surface area contributed by atoms with Gasteiger partial charge in [-0.15, -0.1) is 0 Å². The first kappa shape index (κ1) is 13.0. The molecule has 18 heavy (non-hydrogen) atoms. The topological polar surface area (TPSA) is 40.5 Å². The van der Waals surface area contributed by atoms with E-state index in [1.807, 2.05) is 19.9 Å². The highest BCUT2D eigenvalue weighted by Gasteiger charge is 2.37. The van der Waals surface area contributed by atoms with Crippen LogP contribution in [0.1, 0.15) is 24.0 Å². The van der Waals surface area contributed by atoms with E-state index in [-0.39, 0.29) is 11.7 Å². The van der Waals surface area contributed by atoms with Crippen LogP contribution < -0.4 is 0 Å². The Hall–Kier alpha value is -1.42. The molecule has 2 unspecified atom stereocenters. The van der Waals surface area contributed by atoms with Crippen molar-refractivity contribution in [3.63, 3.8) is 0 Å². The zero-order valence-electron chi connectivity index (χ0n) is 10.7. The Balaban J connectivity index is 2.32. The summed E-state index contributed by atoms with van der Waals surface area (Å²) in [7, 11) is 0. The zero-order valence-corrected chi connectivity index (χ0v) is 10.7. The Morgan fingerprint density at radius 3 is 2.72 bits per heavy atom. The van der Waals surface area contributed by atoms with Gasteiger partial charge in [-0.05, 0) is 36.7 Å². The summed E-state index contributed by atoms with van der Waals surface area (Å²) >= 11 is 0. The molecule has 2 rings (SSSR count). The van der Waals surface area contributed by atoms with E-state index in [2.05, 4.69) is 4.90 Å². The number of benzene rings is 1. The quantitative estimate of drug-likeness (QED) is 0.895. The number of carboxylic acids is 1. The average molecular weight is 251 g/mol. The Morgan fingerprint density at radius 1 is 1.44 bits per heavy atom. The predicted octanol–water partition coefficient (Wildman–Crippen LogP) is 2.25. The third-order valence-electron chi connectivity index (χ3n) is 3.65. The fraction of sp³-hybridized carbons (Fsp3) is 0.500. The van der Waals surface area contributed by atoms with Crippen LogP contribution >= 0.6 is 0 Å². The lowest BCUT2D eigenvalue weighted by atomic mass is 9.88. The van der Waals surface area contributed by atoms with Gasteiger partial charge in [-0.1, -0.05) is 13.0 Å². The van der Waals surface area contributed by atoms with Crippen LogP contribution in [0.25, 0.3) is 0 Å². The van der Waals surface area contributed by atoms with Crippen LogP contribution in [-0.2, 0) is 4.79 Å². The van der Waals surface area contributed by atoms with Gasteiger partial charge in [0.1, 0.15) is 5.82 Å². The van der Waals surface area contributed by atoms with E-state index < -0.39 is 11.9 Å². The van der Waals surface area contributed by atoms with Gasteiger partial charge < -0.3 is 10.0 Å². The normalized spacial score (nSPS) is 24.4. The zero-order chi connectivity index (χ0) is 13.3. The third kappa shape index (κ3) is 2.53. The van der Waals surface area contributed by atoms with Gasteiger partial charge in [-0.3, -0.25) is 4.79 Å². The Labute approximate surface area is 106 Å². The van der Waals surface area contributed by atoms with Crippen LogP contribution in [0.5, 0.6) is 0 Å². The third-order valence-corrected chi connectivity index (χ3v) is 3.65. The number of hydrogen-bond acceptors (Lipinski definition) is 2. The Bertz CT molecular complexity index is 441. The van der Waals surface area contributed by atoms with E-state index >= 15 is 0 Å². The van der Waals surface area contributed by atoms with Crippen molar-refractivity contribution in [2.24, 2.45) is 5.92 Å². The van der Waals surface area contributed by atoms with Crippen molar-refractivity contribution in [3.8, 4) is 0 Å². The van der Waals surface area contributed by atoms with Gasteiger partial charge in [-0.25, -0.2) is 4.39 Å². The summed E-state index contributed by atoms with van der Waals surface area (Å²) in [4.78, 5) is 13.4. The molecule has 0 aromatic heterocycles. The lowest BCUT2D eigenvalue weighted by Gasteiger charge is -2.16. The lowest BCUT2D eigenvalue weighted by molar-refractivity contribution is -0.141. The summed E-state index contributed by atoms with van der Waals surface area (Å²) < 4.78 is 13.4. The first-order chi connectivity index (χ1) is 8.51. The van der Waals surface area contributed by atoms with E-state index in [9.17, 15) is 14.3 Å². The van der Waals surface area contributed by atoms with Crippen molar-refractivity contribution in [2.45, 2.75) is 19.8 Å². The summed E-state index contributed by atoms with van der Waals surface area (Å²) in [5, 5.41) is 9.28. The summed E-state index contributed by atoms with van der Waals surface area (Å²) in [6.07, 6.45) is 0. The van der Waals surface area contributed by atoms with Crippen molar-refractivity contribution >= 4 is 5.97 Å². The number of hydrogen-bond donors (Lipinski definition) is 1. The maximum atomic E-state index is 13.4. The standard InChI is InChI=1S/C14H18FNO2/c1-3-16-7-12(13(8-16)14(17)18)10-4-9(2)5-11(15)6-10/h4-6,12-13H,3,7-8H2,1-2H3,(H,17,18). The number of likely N-dealkylation sites (N-methyl/N-ethyl adjacent to an activating group) is 1. The molecule has 0 radical (unpaired) electrons. The Morgan fingerprint density at radius 2 is 2.17 bits per heavy atom. The molecule has 4 heteroatoms. The first-order valence-electron chi connectivity index (χ1n) is 6.23. The van der Waals surface area contributed by atoms with Crippen LogP contribution in [0, 0.1) is 18.7 Å². The molecular weight excluding hydrogens is 233 g/mol. The SMILES string of the molecule is CCN1CC(C(=O)O)C(c2cc(C)cc(F)c2)C1. The maximum Gasteiger partial charge on any atom is 0.308 e. The first-order valence-corrected chi connectivity index (χ1v) is 6.23. The molecule has 1 heterocycles. The van der Waals surface area contributed by atoms with Crippen molar-refractivity contribution in [3.05, 3.63) is 35.1 Å². The summed E-state index contributed by atoms with van der Waals surface area (Å²) in [5.74, 6) is -1.63. The number of aryl methyl sites for hydroxylation is 1. The van der Waals surface area contributed by atoms with Crippen molar-refractivity contribution in [1.29, 1.82) is 0 Å². The fourth-order valence-electron chi connectivity index (χ4n) is 2.71. The van der Waals surface area contributed by atoms with Crippen LogP contribution in [-0.4, -0.2) is 35.6 Å². The molecule has 1 aromatic rings. The van der Waals surface area contributed by atoms with Gasteiger partial charge in [0.25, 0.3) is 0 Å². The highest BCUT2D eigenvalue weighted by Crippen LogP contribution is 2.33. The summed E-state index contributed by atoms with van der Waals surface area (Å²) in [5.41, 5.74) is 1.64.